The average Bonchev–Trinajstić information content (AvgIpc) is 3.00. The quantitative estimate of drug-likeness (QED) is 0.793. The van der Waals surface area contributed by atoms with Crippen LogP contribution < -0.4 is 0 Å². The molecule has 0 N–H and O–H groups in total. The van der Waals surface area contributed by atoms with E-state index in [1.54, 1.807) is 19.1 Å². The van der Waals surface area contributed by atoms with Gasteiger partial charge in [0.25, 0.3) is 0 Å². The van der Waals surface area contributed by atoms with Crippen LogP contribution >= 0.6 is 0 Å². The lowest BCUT2D eigenvalue weighted by atomic mass is 10.0. The molecule has 22 heavy (non-hydrogen) atoms. The van der Waals surface area contributed by atoms with E-state index in [1.165, 1.54) is 0 Å². The summed E-state index contributed by atoms with van der Waals surface area (Å²) >= 11 is 0. The molecule has 0 saturated carbocycles. The van der Waals surface area contributed by atoms with Crippen LogP contribution in [0.3, 0.4) is 0 Å². The van der Waals surface area contributed by atoms with Gasteiger partial charge in [0.05, 0.1) is 6.61 Å². The van der Waals surface area contributed by atoms with E-state index in [2.05, 4.69) is 5.16 Å². The van der Waals surface area contributed by atoms with Crippen LogP contribution in [0.2, 0.25) is 0 Å². The van der Waals surface area contributed by atoms with Crippen molar-refractivity contribution in [2.75, 3.05) is 6.61 Å². The van der Waals surface area contributed by atoms with E-state index in [0.29, 0.717) is 23.6 Å². The van der Waals surface area contributed by atoms with E-state index in [4.69, 9.17) is 14.0 Å². The third kappa shape index (κ3) is 3.43. The Balaban J connectivity index is 1.73. The van der Waals surface area contributed by atoms with Crippen LogP contribution in [0, 0.1) is 6.92 Å². The van der Waals surface area contributed by atoms with Crippen molar-refractivity contribution in [3.63, 3.8) is 0 Å². The first-order valence-electron chi connectivity index (χ1n) is 7.53. The van der Waals surface area contributed by atoms with Gasteiger partial charge in [-0.3, -0.25) is 4.79 Å². The van der Waals surface area contributed by atoms with Crippen molar-refractivity contribution in [1.29, 1.82) is 0 Å². The van der Waals surface area contributed by atoms with Gasteiger partial charge < -0.3 is 14.0 Å². The highest BCUT2D eigenvalue weighted by atomic mass is 16.7. The fraction of sp³-hybridized carbons (Fsp3) is 0.412. The first kappa shape index (κ1) is 14.9. The molecule has 0 radical (unpaired) electrons. The maximum Gasteiger partial charge on any atom is 0.215 e. The topological polar surface area (TPSA) is 61.6 Å². The predicted octanol–water partition coefficient (Wildman–Crippen LogP) is 3.26. The summed E-state index contributed by atoms with van der Waals surface area (Å²) in [5.41, 5.74) is 1.74. The maximum atomic E-state index is 12.5. The smallest absolute Gasteiger partial charge is 0.215 e. The van der Waals surface area contributed by atoms with Crippen molar-refractivity contribution in [2.24, 2.45) is 0 Å². The monoisotopic (exact) mass is 301 g/mol. The summed E-state index contributed by atoms with van der Waals surface area (Å²) in [5.74, 6) is 0.466. The molecule has 5 heteroatoms. The van der Waals surface area contributed by atoms with Gasteiger partial charge in [-0.25, -0.2) is 0 Å². The van der Waals surface area contributed by atoms with Crippen LogP contribution in [0.4, 0.5) is 0 Å². The lowest BCUT2D eigenvalue weighted by molar-refractivity contribution is -0.168. The van der Waals surface area contributed by atoms with Crippen molar-refractivity contribution in [1.82, 2.24) is 5.16 Å². The molecule has 2 heterocycles. The number of nitrogens with zero attached hydrogens (tertiary/aromatic N) is 1. The van der Waals surface area contributed by atoms with Gasteiger partial charge in [-0.05, 0) is 31.7 Å². The van der Waals surface area contributed by atoms with E-state index >= 15 is 0 Å². The Bertz CT molecular complexity index is 644. The summed E-state index contributed by atoms with van der Waals surface area (Å²) in [6.45, 7) is 2.85. The van der Waals surface area contributed by atoms with Crippen LogP contribution in [0.5, 0.6) is 0 Å². The standard InChI is InChI=1S/C17H19NO4/c1-12-10-15(18-22-12)17(19)14-7-3-2-6-13(14)11-21-16-8-4-5-9-20-16/h2-3,6-7,10,16H,4-5,8-9,11H2,1H3. The summed E-state index contributed by atoms with van der Waals surface area (Å²) in [5, 5.41) is 3.79. The number of ether oxygens (including phenoxy) is 2. The molecule has 1 aliphatic rings. The highest BCUT2D eigenvalue weighted by molar-refractivity contribution is 6.08. The van der Waals surface area contributed by atoms with Crippen LogP contribution in [-0.4, -0.2) is 23.8 Å². The Morgan fingerprint density at radius 2 is 2.23 bits per heavy atom. The summed E-state index contributed by atoms with van der Waals surface area (Å²) < 4.78 is 16.3. The Hall–Kier alpha value is -1.98. The molecule has 1 aromatic carbocycles. The molecule has 1 aromatic heterocycles. The van der Waals surface area contributed by atoms with E-state index in [0.717, 1.165) is 31.4 Å². The molecule has 0 aliphatic carbocycles. The molecule has 1 unspecified atom stereocenters. The summed E-state index contributed by atoms with van der Waals surface area (Å²) in [6.07, 6.45) is 2.92. The number of aryl methyl sites for hydroxylation is 1. The van der Waals surface area contributed by atoms with Gasteiger partial charge in [0.2, 0.25) is 5.78 Å². The fourth-order valence-electron chi connectivity index (χ4n) is 2.50. The molecule has 0 spiro atoms. The van der Waals surface area contributed by atoms with Gasteiger partial charge >= 0.3 is 0 Å². The SMILES string of the molecule is Cc1cc(C(=O)c2ccccc2COC2CCCCO2)no1. The maximum absolute atomic E-state index is 12.5. The van der Waals surface area contributed by atoms with Crippen LogP contribution in [-0.2, 0) is 16.1 Å². The number of rotatable bonds is 5. The number of aromatic nitrogens is 1. The highest BCUT2D eigenvalue weighted by Crippen LogP contribution is 2.19. The minimum absolute atomic E-state index is 0.152. The fourth-order valence-corrected chi connectivity index (χ4v) is 2.50. The highest BCUT2D eigenvalue weighted by Gasteiger charge is 2.19. The first-order chi connectivity index (χ1) is 10.7. The summed E-state index contributed by atoms with van der Waals surface area (Å²) in [6, 6.07) is 9.05. The molecule has 0 bridgehead atoms. The average molecular weight is 301 g/mol. The van der Waals surface area contributed by atoms with E-state index in [1.807, 2.05) is 18.2 Å². The second-order valence-electron chi connectivity index (χ2n) is 5.42. The zero-order chi connectivity index (χ0) is 15.4. The van der Waals surface area contributed by atoms with Crippen LogP contribution in [0.25, 0.3) is 0 Å². The number of benzene rings is 1. The summed E-state index contributed by atoms with van der Waals surface area (Å²) in [4.78, 5) is 12.5. The number of carbonyl (C=O) groups excluding carboxylic acids is 1. The largest absolute Gasteiger partial charge is 0.361 e. The van der Waals surface area contributed by atoms with Crippen LogP contribution in [0.15, 0.2) is 34.9 Å². The van der Waals surface area contributed by atoms with Crippen molar-refractivity contribution in [3.05, 3.63) is 52.9 Å². The molecule has 3 rings (SSSR count). The number of hydrogen-bond acceptors (Lipinski definition) is 5. The molecule has 1 atom stereocenters. The molecule has 5 nitrogen and oxygen atoms in total. The normalized spacial score (nSPS) is 18.3. The predicted molar refractivity (Wildman–Crippen MR) is 79.5 cm³/mol. The third-order valence-electron chi connectivity index (χ3n) is 3.69. The Labute approximate surface area is 129 Å². The zero-order valence-corrected chi connectivity index (χ0v) is 12.6. The lowest BCUT2D eigenvalue weighted by Crippen LogP contribution is -2.22. The van der Waals surface area contributed by atoms with Gasteiger partial charge in [-0.2, -0.15) is 0 Å². The Morgan fingerprint density at radius 1 is 1.36 bits per heavy atom. The van der Waals surface area contributed by atoms with Gasteiger partial charge in [-0.1, -0.05) is 29.4 Å². The minimum atomic E-state index is -0.175. The second-order valence-corrected chi connectivity index (χ2v) is 5.42. The third-order valence-corrected chi connectivity index (χ3v) is 3.69. The lowest BCUT2D eigenvalue weighted by Gasteiger charge is -2.23. The molecule has 116 valence electrons. The number of hydrogen-bond donors (Lipinski definition) is 0. The van der Waals surface area contributed by atoms with Gasteiger partial charge in [0, 0.05) is 18.2 Å². The van der Waals surface area contributed by atoms with Crippen molar-refractivity contribution < 1.29 is 18.8 Å². The van der Waals surface area contributed by atoms with Crippen LogP contribution in [0.1, 0.15) is 46.6 Å². The molecule has 2 aromatic rings. The van der Waals surface area contributed by atoms with Crippen molar-refractivity contribution >= 4 is 5.78 Å². The van der Waals surface area contributed by atoms with E-state index in [9.17, 15) is 4.79 Å². The number of carbonyl (C=O) groups is 1. The molecule has 1 aliphatic heterocycles. The molecule has 0 amide bonds. The molecular weight excluding hydrogens is 282 g/mol. The van der Waals surface area contributed by atoms with Gasteiger partial charge in [0.15, 0.2) is 12.0 Å². The zero-order valence-electron chi connectivity index (χ0n) is 12.6. The Kier molecular flexibility index (Phi) is 4.65. The van der Waals surface area contributed by atoms with Gasteiger partial charge in [0.1, 0.15) is 5.76 Å². The van der Waals surface area contributed by atoms with Crippen molar-refractivity contribution in [2.45, 2.75) is 39.1 Å². The second kappa shape index (κ2) is 6.85. The minimum Gasteiger partial charge on any atom is -0.361 e. The summed E-state index contributed by atoms with van der Waals surface area (Å²) in [7, 11) is 0. The first-order valence-corrected chi connectivity index (χ1v) is 7.53. The van der Waals surface area contributed by atoms with E-state index in [-0.39, 0.29) is 12.1 Å². The number of ketones is 1. The van der Waals surface area contributed by atoms with E-state index < -0.39 is 0 Å². The molecule has 1 saturated heterocycles. The van der Waals surface area contributed by atoms with Crippen molar-refractivity contribution in [3.8, 4) is 0 Å². The molecular formula is C17H19NO4. The molecule has 1 fully saturated rings. The van der Waals surface area contributed by atoms with Gasteiger partial charge in [-0.15, -0.1) is 0 Å². The Morgan fingerprint density at radius 3 is 2.95 bits per heavy atom.